The molecule has 4 rings (SSSR count). The zero-order valence-corrected chi connectivity index (χ0v) is 19.7. The summed E-state index contributed by atoms with van der Waals surface area (Å²) in [5, 5.41) is 18.7. The van der Waals surface area contributed by atoms with Gasteiger partial charge < -0.3 is 14.8 Å². The van der Waals surface area contributed by atoms with Gasteiger partial charge in [-0.1, -0.05) is 27.5 Å². The number of nitrogens with one attached hydrogen (secondary N) is 1. The van der Waals surface area contributed by atoms with E-state index in [0.717, 1.165) is 4.47 Å². The van der Waals surface area contributed by atoms with E-state index in [1.807, 2.05) is 12.1 Å². The number of non-ortho nitro benzene ring substituents is 1. The maximum Gasteiger partial charge on any atom is 0.276 e. The zero-order valence-electron chi connectivity index (χ0n) is 17.4. The number of aromatic nitrogens is 2. The molecule has 0 aliphatic rings. The Bertz CT molecular complexity index is 1330. The van der Waals surface area contributed by atoms with Crippen LogP contribution in [0.5, 0.6) is 17.2 Å². The smallest absolute Gasteiger partial charge is 0.276 e. The first kappa shape index (κ1) is 23.3. The molecule has 1 N–H and O–H groups in total. The molecule has 0 aliphatic heterocycles. The second-order valence-electron chi connectivity index (χ2n) is 6.95. The van der Waals surface area contributed by atoms with Gasteiger partial charge in [0.05, 0.1) is 16.7 Å². The quantitative estimate of drug-likeness (QED) is 0.207. The summed E-state index contributed by atoms with van der Waals surface area (Å²) in [6.07, 6.45) is 1.59. The van der Waals surface area contributed by atoms with Crippen molar-refractivity contribution in [2.75, 3.05) is 5.32 Å². The van der Waals surface area contributed by atoms with E-state index in [9.17, 15) is 14.9 Å². The Balaban J connectivity index is 1.45. The van der Waals surface area contributed by atoms with Crippen LogP contribution in [0.1, 0.15) is 10.5 Å². The molecule has 1 aromatic heterocycles. The summed E-state index contributed by atoms with van der Waals surface area (Å²) >= 11 is 9.23. The number of nitro benzene ring substituents is 1. The van der Waals surface area contributed by atoms with Crippen molar-refractivity contribution in [2.24, 2.45) is 0 Å². The Morgan fingerprint density at radius 3 is 2.44 bits per heavy atom. The van der Waals surface area contributed by atoms with Crippen LogP contribution in [0, 0.1) is 10.1 Å². The maximum atomic E-state index is 12.7. The number of carbonyl (C=O) groups is 1. The third kappa shape index (κ3) is 6.12. The first-order chi connectivity index (χ1) is 16.4. The lowest BCUT2D eigenvalue weighted by Gasteiger charge is -2.09. The third-order valence-corrected chi connectivity index (χ3v) is 5.24. The number of halogens is 2. The molecule has 1 amide bonds. The standard InChI is InChI=1S/C23H16BrClN4O5/c24-15-1-5-19(6-2-15)33-14-28-10-9-22(27-28)23(30)26-17-11-18(29(31)32)13-21(12-17)34-20-7-3-16(25)4-8-20/h1-13H,14H2,(H,26,30). The van der Waals surface area contributed by atoms with E-state index in [1.165, 1.54) is 28.9 Å². The fraction of sp³-hybridized carbons (Fsp3) is 0.0435. The van der Waals surface area contributed by atoms with Crippen molar-refractivity contribution in [1.29, 1.82) is 0 Å². The van der Waals surface area contributed by atoms with Gasteiger partial charge in [-0.25, -0.2) is 4.68 Å². The second-order valence-corrected chi connectivity index (χ2v) is 8.30. The summed E-state index contributed by atoms with van der Waals surface area (Å²) < 4.78 is 13.7. The molecule has 9 nitrogen and oxygen atoms in total. The van der Waals surface area contributed by atoms with Crippen molar-refractivity contribution in [3.8, 4) is 17.2 Å². The van der Waals surface area contributed by atoms with Gasteiger partial charge >= 0.3 is 0 Å². The predicted molar refractivity (Wildman–Crippen MR) is 130 cm³/mol. The summed E-state index contributed by atoms with van der Waals surface area (Å²) in [6, 6.07) is 19.3. The van der Waals surface area contributed by atoms with Gasteiger partial charge in [-0.2, -0.15) is 5.10 Å². The Labute approximate surface area is 207 Å². The number of hydrogen-bond donors (Lipinski definition) is 1. The van der Waals surface area contributed by atoms with Gasteiger partial charge in [-0.05, 0) is 54.6 Å². The Hall–Kier alpha value is -3.89. The molecule has 0 fully saturated rings. The number of amides is 1. The fourth-order valence-corrected chi connectivity index (χ4v) is 3.27. The molecule has 0 atom stereocenters. The molecule has 1 heterocycles. The summed E-state index contributed by atoms with van der Waals surface area (Å²) in [6.45, 7) is 0.102. The highest BCUT2D eigenvalue weighted by molar-refractivity contribution is 9.10. The van der Waals surface area contributed by atoms with E-state index in [0.29, 0.717) is 16.5 Å². The number of nitrogens with zero attached hydrogens (tertiary/aromatic N) is 3. The van der Waals surface area contributed by atoms with Crippen molar-refractivity contribution in [3.05, 3.63) is 104 Å². The minimum absolute atomic E-state index is 0.102. The van der Waals surface area contributed by atoms with E-state index >= 15 is 0 Å². The number of rotatable bonds is 8. The van der Waals surface area contributed by atoms with Crippen LogP contribution in [0.15, 0.2) is 83.5 Å². The van der Waals surface area contributed by atoms with E-state index in [2.05, 4.69) is 26.3 Å². The minimum Gasteiger partial charge on any atom is -0.471 e. The number of anilines is 1. The molecule has 0 radical (unpaired) electrons. The van der Waals surface area contributed by atoms with Crippen LogP contribution in [-0.2, 0) is 6.73 Å². The van der Waals surface area contributed by atoms with Crippen LogP contribution >= 0.6 is 27.5 Å². The lowest BCUT2D eigenvalue weighted by molar-refractivity contribution is -0.384. The van der Waals surface area contributed by atoms with Gasteiger partial charge in [-0.15, -0.1) is 0 Å². The van der Waals surface area contributed by atoms with Crippen molar-refractivity contribution >= 4 is 44.8 Å². The molecule has 172 valence electrons. The predicted octanol–water partition coefficient (Wildman–Crippen LogP) is 6.29. The van der Waals surface area contributed by atoms with Gasteiger partial charge in [0, 0.05) is 27.8 Å². The van der Waals surface area contributed by atoms with Crippen LogP contribution in [0.25, 0.3) is 0 Å². The van der Waals surface area contributed by atoms with Crippen LogP contribution in [-0.4, -0.2) is 20.6 Å². The molecular weight excluding hydrogens is 528 g/mol. The summed E-state index contributed by atoms with van der Waals surface area (Å²) in [7, 11) is 0. The number of hydrogen-bond acceptors (Lipinski definition) is 6. The molecule has 3 aromatic carbocycles. The molecule has 0 unspecified atom stereocenters. The normalized spacial score (nSPS) is 10.5. The second kappa shape index (κ2) is 10.4. The number of carbonyl (C=O) groups excluding carboxylic acids is 1. The van der Waals surface area contributed by atoms with Crippen molar-refractivity contribution in [3.63, 3.8) is 0 Å². The molecule has 0 aliphatic carbocycles. The van der Waals surface area contributed by atoms with Gasteiger partial charge in [0.1, 0.15) is 17.2 Å². The highest BCUT2D eigenvalue weighted by atomic mass is 79.9. The minimum atomic E-state index is -0.571. The van der Waals surface area contributed by atoms with E-state index in [-0.39, 0.29) is 29.5 Å². The molecule has 0 spiro atoms. The maximum absolute atomic E-state index is 12.7. The first-order valence-corrected chi connectivity index (χ1v) is 11.0. The molecular formula is C23H16BrClN4O5. The molecule has 4 aromatic rings. The molecule has 11 heteroatoms. The van der Waals surface area contributed by atoms with E-state index in [1.54, 1.807) is 42.6 Å². The lowest BCUT2D eigenvalue weighted by Crippen LogP contribution is -2.14. The molecule has 0 saturated heterocycles. The van der Waals surface area contributed by atoms with Crippen LogP contribution in [0.2, 0.25) is 5.02 Å². The van der Waals surface area contributed by atoms with Crippen LogP contribution in [0.3, 0.4) is 0 Å². The van der Waals surface area contributed by atoms with Crippen LogP contribution < -0.4 is 14.8 Å². The highest BCUT2D eigenvalue weighted by Crippen LogP contribution is 2.30. The zero-order chi connectivity index (χ0) is 24.1. The van der Waals surface area contributed by atoms with Crippen molar-refractivity contribution in [1.82, 2.24) is 9.78 Å². The number of benzene rings is 3. The third-order valence-electron chi connectivity index (χ3n) is 4.46. The fourth-order valence-electron chi connectivity index (χ4n) is 2.88. The Morgan fingerprint density at radius 1 is 1.03 bits per heavy atom. The average Bonchev–Trinajstić information content (AvgIpc) is 3.29. The first-order valence-electron chi connectivity index (χ1n) is 9.82. The molecule has 0 bridgehead atoms. The summed E-state index contributed by atoms with van der Waals surface area (Å²) in [5.74, 6) is 0.724. The summed E-state index contributed by atoms with van der Waals surface area (Å²) in [4.78, 5) is 23.5. The summed E-state index contributed by atoms with van der Waals surface area (Å²) in [5.41, 5.74) is 0.0603. The SMILES string of the molecule is O=C(Nc1cc(Oc2ccc(Cl)cc2)cc([N+](=O)[O-])c1)c1ccn(COc2ccc(Br)cc2)n1. The largest absolute Gasteiger partial charge is 0.471 e. The van der Waals surface area contributed by atoms with E-state index < -0.39 is 10.8 Å². The Morgan fingerprint density at radius 2 is 1.74 bits per heavy atom. The van der Waals surface area contributed by atoms with Gasteiger partial charge in [-0.3, -0.25) is 14.9 Å². The van der Waals surface area contributed by atoms with Crippen LogP contribution in [0.4, 0.5) is 11.4 Å². The molecule has 0 saturated carbocycles. The lowest BCUT2D eigenvalue weighted by atomic mass is 10.2. The van der Waals surface area contributed by atoms with Gasteiger partial charge in [0.15, 0.2) is 12.4 Å². The van der Waals surface area contributed by atoms with Crippen molar-refractivity contribution in [2.45, 2.75) is 6.73 Å². The molecule has 34 heavy (non-hydrogen) atoms. The Kier molecular flexibility index (Phi) is 7.09. The topological polar surface area (TPSA) is 109 Å². The monoisotopic (exact) mass is 542 g/mol. The number of nitro groups is 1. The highest BCUT2D eigenvalue weighted by Gasteiger charge is 2.15. The average molecular weight is 544 g/mol. The van der Waals surface area contributed by atoms with Gasteiger partial charge in [0.2, 0.25) is 0 Å². The van der Waals surface area contributed by atoms with E-state index in [4.69, 9.17) is 21.1 Å². The van der Waals surface area contributed by atoms with Crippen molar-refractivity contribution < 1.29 is 19.2 Å². The number of ether oxygens (including phenoxy) is 2. The van der Waals surface area contributed by atoms with Gasteiger partial charge in [0.25, 0.3) is 11.6 Å².